The molecule has 0 radical (unpaired) electrons. The van der Waals surface area contributed by atoms with Gasteiger partial charge < -0.3 is 10.0 Å². The molecular formula is C17H19N7O2. The van der Waals surface area contributed by atoms with Crippen LogP contribution in [-0.4, -0.2) is 73.7 Å². The monoisotopic (exact) mass is 353 g/mol. The zero-order valence-electron chi connectivity index (χ0n) is 14.4. The molecule has 3 heterocycles. The summed E-state index contributed by atoms with van der Waals surface area (Å²) in [6, 6.07) is 6.06. The molecule has 1 aliphatic rings. The van der Waals surface area contributed by atoms with Crippen molar-refractivity contribution in [2.75, 3.05) is 37.6 Å². The first-order valence-electron chi connectivity index (χ1n) is 8.41. The van der Waals surface area contributed by atoms with Gasteiger partial charge in [0.25, 0.3) is 0 Å². The first-order valence-corrected chi connectivity index (χ1v) is 8.41. The molecule has 1 saturated heterocycles. The van der Waals surface area contributed by atoms with Gasteiger partial charge in [-0.15, -0.1) is 5.10 Å². The fourth-order valence-electron chi connectivity index (χ4n) is 3.19. The standard InChI is InChI=1S/C17H19N7O2/c1-22-15-3-2-12(8-13(15)9-19-22)14-10-18-21-17(20-14)24-6-4-23(5-7-24)11-16(25)26/h2-3,8-10H,4-7,11H2,1H3,(H,25,26). The number of carbonyl (C=O) groups is 1. The molecule has 134 valence electrons. The van der Waals surface area contributed by atoms with E-state index < -0.39 is 5.97 Å². The van der Waals surface area contributed by atoms with E-state index in [-0.39, 0.29) is 6.54 Å². The number of piperazine rings is 1. The summed E-state index contributed by atoms with van der Waals surface area (Å²) in [6.45, 7) is 2.77. The number of fused-ring (bicyclic) bond motifs is 1. The van der Waals surface area contributed by atoms with Gasteiger partial charge in [-0.1, -0.05) is 6.07 Å². The Labute approximate surface area is 149 Å². The van der Waals surface area contributed by atoms with Crippen molar-refractivity contribution < 1.29 is 9.90 Å². The molecular weight excluding hydrogens is 334 g/mol. The van der Waals surface area contributed by atoms with E-state index >= 15 is 0 Å². The molecule has 9 heteroatoms. The van der Waals surface area contributed by atoms with Crippen LogP contribution in [0.2, 0.25) is 0 Å². The number of aromatic nitrogens is 5. The predicted molar refractivity (Wildman–Crippen MR) is 95.8 cm³/mol. The first kappa shape index (κ1) is 16.4. The number of aliphatic carboxylic acids is 1. The van der Waals surface area contributed by atoms with E-state index in [1.165, 1.54) is 0 Å². The summed E-state index contributed by atoms with van der Waals surface area (Å²) in [6.07, 6.45) is 3.48. The van der Waals surface area contributed by atoms with Crippen LogP contribution in [0.1, 0.15) is 0 Å². The third-order valence-corrected chi connectivity index (χ3v) is 4.60. The number of anilines is 1. The van der Waals surface area contributed by atoms with Crippen molar-refractivity contribution in [3.8, 4) is 11.3 Å². The quantitative estimate of drug-likeness (QED) is 0.729. The molecule has 3 aromatic rings. The molecule has 0 amide bonds. The average Bonchev–Trinajstić information content (AvgIpc) is 3.02. The number of carboxylic acids is 1. The van der Waals surface area contributed by atoms with Gasteiger partial charge in [-0.05, 0) is 12.1 Å². The van der Waals surface area contributed by atoms with Crippen LogP contribution >= 0.6 is 0 Å². The van der Waals surface area contributed by atoms with Crippen LogP contribution in [0.15, 0.2) is 30.6 Å². The lowest BCUT2D eigenvalue weighted by Gasteiger charge is -2.33. The van der Waals surface area contributed by atoms with Gasteiger partial charge >= 0.3 is 5.97 Å². The highest BCUT2D eigenvalue weighted by Gasteiger charge is 2.21. The van der Waals surface area contributed by atoms with Gasteiger partial charge in [0, 0.05) is 44.2 Å². The van der Waals surface area contributed by atoms with E-state index in [1.54, 1.807) is 6.20 Å². The number of hydrogen-bond acceptors (Lipinski definition) is 7. The van der Waals surface area contributed by atoms with E-state index in [0.29, 0.717) is 32.1 Å². The van der Waals surface area contributed by atoms with E-state index in [0.717, 1.165) is 22.2 Å². The van der Waals surface area contributed by atoms with Crippen LogP contribution in [0.25, 0.3) is 22.2 Å². The highest BCUT2D eigenvalue weighted by Crippen LogP contribution is 2.23. The van der Waals surface area contributed by atoms with Gasteiger partial charge in [-0.2, -0.15) is 10.2 Å². The van der Waals surface area contributed by atoms with E-state index in [1.807, 2.05) is 45.9 Å². The first-order chi connectivity index (χ1) is 12.6. The molecule has 0 bridgehead atoms. The van der Waals surface area contributed by atoms with Crippen molar-refractivity contribution in [2.45, 2.75) is 0 Å². The normalized spacial score (nSPS) is 15.5. The molecule has 26 heavy (non-hydrogen) atoms. The van der Waals surface area contributed by atoms with Crippen LogP contribution in [0.5, 0.6) is 0 Å². The molecule has 1 aromatic carbocycles. The smallest absolute Gasteiger partial charge is 0.317 e. The number of benzene rings is 1. The van der Waals surface area contributed by atoms with Crippen molar-refractivity contribution in [1.29, 1.82) is 0 Å². The van der Waals surface area contributed by atoms with Gasteiger partial charge in [0.2, 0.25) is 5.95 Å². The number of rotatable bonds is 4. The summed E-state index contributed by atoms with van der Waals surface area (Å²) in [4.78, 5) is 19.4. The number of carboxylic acid groups (broad SMARTS) is 1. The van der Waals surface area contributed by atoms with Gasteiger partial charge in [-0.3, -0.25) is 14.4 Å². The Hall–Kier alpha value is -3.07. The molecule has 1 fully saturated rings. The minimum atomic E-state index is -0.802. The summed E-state index contributed by atoms with van der Waals surface area (Å²) in [7, 11) is 1.91. The van der Waals surface area contributed by atoms with Crippen molar-refractivity contribution in [3.63, 3.8) is 0 Å². The lowest BCUT2D eigenvalue weighted by molar-refractivity contribution is -0.138. The Bertz CT molecular complexity index is 947. The second-order valence-electron chi connectivity index (χ2n) is 6.34. The minimum absolute atomic E-state index is 0.0676. The van der Waals surface area contributed by atoms with Crippen molar-refractivity contribution in [2.24, 2.45) is 7.05 Å². The number of aryl methyl sites for hydroxylation is 1. The molecule has 0 atom stereocenters. The topological polar surface area (TPSA) is 100 Å². The SMILES string of the molecule is Cn1ncc2cc(-c3cnnc(N4CCN(CC(=O)O)CC4)n3)ccc21. The zero-order chi connectivity index (χ0) is 18.1. The molecule has 9 nitrogen and oxygen atoms in total. The van der Waals surface area contributed by atoms with Crippen LogP contribution < -0.4 is 4.90 Å². The molecule has 0 saturated carbocycles. The van der Waals surface area contributed by atoms with Crippen molar-refractivity contribution in [1.82, 2.24) is 29.9 Å². The van der Waals surface area contributed by atoms with Gasteiger partial charge in [0.1, 0.15) is 0 Å². The van der Waals surface area contributed by atoms with Crippen LogP contribution in [0, 0.1) is 0 Å². The Kier molecular flexibility index (Phi) is 4.21. The van der Waals surface area contributed by atoms with E-state index in [2.05, 4.69) is 20.3 Å². The Morgan fingerprint density at radius 2 is 2.00 bits per heavy atom. The average molecular weight is 353 g/mol. The second kappa shape index (κ2) is 6.68. The summed E-state index contributed by atoms with van der Waals surface area (Å²) in [5, 5.41) is 22.5. The van der Waals surface area contributed by atoms with E-state index in [9.17, 15) is 4.79 Å². The molecule has 0 aliphatic carbocycles. The zero-order valence-corrected chi connectivity index (χ0v) is 14.4. The van der Waals surface area contributed by atoms with Crippen LogP contribution in [0.4, 0.5) is 5.95 Å². The van der Waals surface area contributed by atoms with E-state index in [4.69, 9.17) is 5.11 Å². The third-order valence-electron chi connectivity index (χ3n) is 4.60. The Balaban J connectivity index is 1.54. The highest BCUT2D eigenvalue weighted by molar-refractivity contribution is 5.83. The van der Waals surface area contributed by atoms with Crippen molar-refractivity contribution in [3.05, 3.63) is 30.6 Å². The largest absolute Gasteiger partial charge is 0.480 e. The highest BCUT2D eigenvalue weighted by atomic mass is 16.4. The van der Waals surface area contributed by atoms with Gasteiger partial charge in [-0.25, -0.2) is 4.98 Å². The maximum Gasteiger partial charge on any atom is 0.317 e. The summed E-state index contributed by atoms with van der Waals surface area (Å²) in [5.74, 6) is -0.229. The summed E-state index contributed by atoms with van der Waals surface area (Å²) in [5.41, 5.74) is 2.78. The number of nitrogens with zero attached hydrogens (tertiary/aromatic N) is 7. The Morgan fingerprint density at radius 3 is 2.77 bits per heavy atom. The molecule has 1 N–H and O–H groups in total. The molecule has 2 aromatic heterocycles. The molecule has 0 spiro atoms. The predicted octanol–water partition coefficient (Wildman–Crippen LogP) is 0.632. The fourth-order valence-corrected chi connectivity index (χ4v) is 3.19. The van der Waals surface area contributed by atoms with Gasteiger partial charge in [0.05, 0.1) is 30.1 Å². The van der Waals surface area contributed by atoms with Crippen LogP contribution in [-0.2, 0) is 11.8 Å². The Morgan fingerprint density at radius 1 is 1.19 bits per heavy atom. The maximum atomic E-state index is 10.8. The van der Waals surface area contributed by atoms with Gasteiger partial charge in [0.15, 0.2) is 0 Å². The maximum absolute atomic E-state index is 10.8. The lowest BCUT2D eigenvalue weighted by atomic mass is 10.1. The third kappa shape index (κ3) is 3.21. The second-order valence-corrected chi connectivity index (χ2v) is 6.34. The fraction of sp³-hybridized carbons (Fsp3) is 0.353. The molecule has 1 aliphatic heterocycles. The van der Waals surface area contributed by atoms with Crippen LogP contribution in [0.3, 0.4) is 0 Å². The molecule has 4 rings (SSSR count). The lowest BCUT2D eigenvalue weighted by Crippen LogP contribution is -2.48. The summed E-state index contributed by atoms with van der Waals surface area (Å²) < 4.78 is 1.83. The molecule has 0 unspecified atom stereocenters. The minimum Gasteiger partial charge on any atom is -0.480 e. The van der Waals surface area contributed by atoms with Crippen molar-refractivity contribution >= 4 is 22.8 Å². The summed E-state index contributed by atoms with van der Waals surface area (Å²) >= 11 is 0. The number of hydrogen-bond donors (Lipinski definition) is 1.